The molecular weight excluding hydrogens is 270 g/mol. The van der Waals surface area contributed by atoms with Crippen molar-refractivity contribution >= 4 is 28.0 Å². The molecule has 2 heterocycles. The van der Waals surface area contributed by atoms with E-state index in [0.717, 1.165) is 16.9 Å². The highest BCUT2D eigenvalue weighted by atomic mass is 35.5. The molecule has 0 spiro atoms. The van der Waals surface area contributed by atoms with Crippen LogP contribution in [0.25, 0.3) is 27.7 Å². The Bertz CT molecular complexity index is 927. The van der Waals surface area contributed by atoms with Gasteiger partial charge < -0.3 is 0 Å². The molecule has 20 heavy (non-hydrogen) atoms. The molecule has 0 saturated carbocycles. The SMILES string of the molecule is Clc1ccc2ncc(-c3ccc4ccccc4c3)n2n1. The van der Waals surface area contributed by atoms with Crippen molar-refractivity contribution in [3.8, 4) is 11.3 Å². The van der Waals surface area contributed by atoms with E-state index in [1.807, 2.05) is 24.4 Å². The Balaban J connectivity index is 1.98. The molecule has 0 saturated heterocycles. The van der Waals surface area contributed by atoms with Gasteiger partial charge in [0.1, 0.15) is 5.15 Å². The Morgan fingerprint density at radius 1 is 0.900 bits per heavy atom. The highest BCUT2D eigenvalue weighted by molar-refractivity contribution is 6.29. The summed E-state index contributed by atoms with van der Waals surface area (Å²) in [6, 6.07) is 18.2. The predicted molar refractivity (Wildman–Crippen MR) is 80.9 cm³/mol. The lowest BCUT2D eigenvalue weighted by Crippen LogP contribution is -1.94. The van der Waals surface area contributed by atoms with Gasteiger partial charge in [-0.2, -0.15) is 5.10 Å². The highest BCUT2D eigenvalue weighted by Crippen LogP contribution is 2.25. The summed E-state index contributed by atoms with van der Waals surface area (Å²) in [7, 11) is 0. The minimum absolute atomic E-state index is 0.456. The number of halogens is 1. The summed E-state index contributed by atoms with van der Waals surface area (Å²) in [4.78, 5) is 4.36. The summed E-state index contributed by atoms with van der Waals surface area (Å²) in [6.45, 7) is 0. The first-order valence-corrected chi connectivity index (χ1v) is 6.68. The van der Waals surface area contributed by atoms with Gasteiger partial charge in [0.25, 0.3) is 0 Å². The third-order valence-electron chi connectivity index (χ3n) is 3.37. The molecule has 0 radical (unpaired) electrons. The number of fused-ring (bicyclic) bond motifs is 2. The second kappa shape index (κ2) is 4.32. The van der Waals surface area contributed by atoms with E-state index >= 15 is 0 Å². The second-order valence-electron chi connectivity index (χ2n) is 4.63. The van der Waals surface area contributed by atoms with Gasteiger partial charge in [-0.15, -0.1) is 0 Å². The van der Waals surface area contributed by atoms with Gasteiger partial charge >= 0.3 is 0 Å². The zero-order valence-corrected chi connectivity index (χ0v) is 11.2. The number of aromatic nitrogens is 3. The summed E-state index contributed by atoms with van der Waals surface area (Å²) in [5.74, 6) is 0. The summed E-state index contributed by atoms with van der Waals surface area (Å²) >= 11 is 5.97. The van der Waals surface area contributed by atoms with Crippen molar-refractivity contribution < 1.29 is 0 Å². The minimum Gasteiger partial charge on any atom is -0.235 e. The van der Waals surface area contributed by atoms with E-state index < -0.39 is 0 Å². The van der Waals surface area contributed by atoms with Gasteiger partial charge in [-0.1, -0.05) is 48.0 Å². The molecule has 0 atom stereocenters. The topological polar surface area (TPSA) is 30.2 Å². The van der Waals surface area contributed by atoms with Crippen LogP contribution in [0.3, 0.4) is 0 Å². The maximum absolute atomic E-state index is 5.97. The Morgan fingerprint density at radius 3 is 2.65 bits per heavy atom. The molecule has 3 nitrogen and oxygen atoms in total. The van der Waals surface area contributed by atoms with Crippen LogP contribution in [0.2, 0.25) is 5.15 Å². The van der Waals surface area contributed by atoms with Crippen molar-refractivity contribution in [2.45, 2.75) is 0 Å². The summed E-state index contributed by atoms with van der Waals surface area (Å²) < 4.78 is 1.77. The normalized spacial score (nSPS) is 11.2. The van der Waals surface area contributed by atoms with E-state index in [-0.39, 0.29) is 0 Å². The van der Waals surface area contributed by atoms with Crippen LogP contribution in [0.5, 0.6) is 0 Å². The maximum Gasteiger partial charge on any atom is 0.154 e. The molecule has 0 unspecified atom stereocenters. The molecule has 4 heteroatoms. The first-order chi connectivity index (χ1) is 9.81. The molecule has 2 aromatic carbocycles. The van der Waals surface area contributed by atoms with Crippen LogP contribution in [0, 0.1) is 0 Å². The zero-order chi connectivity index (χ0) is 13.5. The number of benzene rings is 2. The molecule has 4 rings (SSSR count). The van der Waals surface area contributed by atoms with Crippen molar-refractivity contribution in [3.05, 3.63) is 65.9 Å². The van der Waals surface area contributed by atoms with Crippen LogP contribution in [0.15, 0.2) is 60.8 Å². The van der Waals surface area contributed by atoms with E-state index in [4.69, 9.17) is 11.6 Å². The molecule has 96 valence electrons. The van der Waals surface area contributed by atoms with Crippen LogP contribution in [-0.4, -0.2) is 14.6 Å². The molecule has 0 aliphatic heterocycles. The second-order valence-corrected chi connectivity index (χ2v) is 5.02. The van der Waals surface area contributed by atoms with Crippen LogP contribution < -0.4 is 0 Å². The van der Waals surface area contributed by atoms with Crippen molar-refractivity contribution in [2.24, 2.45) is 0 Å². The fourth-order valence-electron chi connectivity index (χ4n) is 2.40. The van der Waals surface area contributed by atoms with E-state index in [1.54, 1.807) is 10.6 Å². The van der Waals surface area contributed by atoms with Gasteiger partial charge in [-0.25, -0.2) is 9.50 Å². The third-order valence-corrected chi connectivity index (χ3v) is 3.58. The van der Waals surface area contributed by atoms with E-state index in [2.05, 4.69) is 40.4 Å². The smallest absolute Gasteiger partial charge is 0.154 e. The van der Waals surface area contributed by atoms with Gasteiger partial charge in [-0.3, -0.25) is 0 Å². The van der Waals surface area contributed by atoms with Gasteiger partial charge in [0.15, 0.2) is 5.65 Å². The fraction of sp³-hybridized carbons (Fsp3) is 0. The van der Waals surface area contributed by atoms with Crippen molar-refractivity contribution in [1.29, 1.82) is 0 Å². The molecule has 0 aliphatic rings. The lowest BCUT2D eigenvalue weighted by molar-refractivity contribution is 0.943. The molecule has 4 aromatic rings. The fourth-order valence-corrected chi connectivity index (χ4v) is 2.54. The van der Waals surface area contributed by atoms with Gasteiger partial charge in [-0.05, 0) is 29.0 Å². The van der Waals surface area contributed by atoms with Crippen molar-refractivity contribution in [2.75, 3.05) is 0 Å². The van der Waals surface area contributed by atoms with Crippen molar-refractivity contribution in [3.63, 3.8) is 0 Å². The number of hydrogen-bond donors (Lipinski definition) is 0. The number of rotatable bonds is 1. The first-order valence-electron chi connectivity index (χ1n) is 6.31. The standard InChI is InChI=1S/C16H10ClN3/c17-15-7-8-16-18-10-14(20(16)19-15)13-6-5-11-3-1-2-4-12(11)9-13/h1-10H. The zero-order valence-electron chi connectivity index (χ0n) is 10.5. The molecule has 0 amide bonds. The Morgan fingerprint density at radius 2 is 1.75 bits per heavy atom. The van der Waals surface area contributed by atoms with Crippen LogP contribution in [-0.2, 0) is 0 Å². The monoisotopic (exact) mass is 279 g/mol. The largest absolute Gasteiger partial charge is 0.235 e. The van der Waals surface area contributed by atoms with Gasteiger partial charge in [0.05, 0.1) is 11.9 Å². The lowest BCUT2D eigenvalue weighted by atomic mass is 10.1. The van der Waals surface area contributed by atoms with E-state index in [9.17, 15) is 0 Å². The Labute approximate surface area is 120 Å². The lowest BCUT2D eigenvalue weighted by Gasteiger charge is -2.03. The Kier molecular flexibility index (Phi) is 2.47. The first kappa shape index (κ1) is 11.4. The Hall–Kier alpha value is -2.39. The number of imidazole rings is 1. The molecular formula is C16H10ClN3. The minimum atomic E-state index is 0.456. The summed E-state index contributed by atoms with van der Waals surface area (Å²) in [5.41, 5.74) is 2.80. The summed E-state index contributed by atoms with van der Waals surface area (Å²) in [5, 5.41) is 7.18. The average Bonchev–Trinajstić information content (AvgIpc) is 2.89. The van der Waals surface area contributed by atoms with Crippen molar-refractivity contribution in [1.82, 2.24) is 14.6 Å². The molecule has 2 aromatic heterocycles. The number of nitrogens with zero attached hydrogens (tertiary/aromatic N) is 3. The third kappa shape index (κ3) is 1.75. The molecule has 0 fully saturated rings. The van der Waals surface area contributed by atoms with Crippen LogP contribution in [0.4, 0.5) is 0 Å². The number of hydrogen-bond acceptors (Lipinski definition) is 2. The van der Waals surface area contributed by atoms with Gasteiger partial charge in [0, 0.05) is 5.56 Å². The molecule has 0 bridgehead atoms. The highest BCUT2D eigenvalue weighted by Gasteiger charge is 2.08. The summed E-state index contributed by atoms with van der Waals surface area (Å²) in [6.07, 6.45) is 1.82. The van der Waals surface area contributed by atoms with Gasteiger partial charge in [0.2, 0.25) is 0 Å². The predicted octanol–water partition coefficient (Wildman–Crippen LogP) is 4.20. The van der Waals surface area contributed by atoms with E-state index in [0.29, 0.717) is 5.15 Å². The maximum atomic E-state index is 5.97. The van der Waals surface area contributed by atoms with E-state index in [1.165, 1.54) is 10.8 Å². The van der Waals surface area contributed by atoms with Crippen LogP contribution >= 0.6 is 11.6 Å². The van der Waals surface area contributed by atoms with Crippen LogP contribution in [0.1, 0.15) is 0 Å². The molecule has 0 aliphatic carbocycles. The average molecular weight is 280 g/mol. The quantitative estimate of drug-likeness (QED) is 0.523. The molecule has 0 N–H and O–H groups in total.